The minimum Gasteiger partial charge on any atom is -0.493 e. The minimum absolute atomic E-state index is 0.0425. The van der Waals surface area contributed by atoms with Gasteiger partial charge < -0.3 is 29.5 Å². The van der Waals surface area contributed by atoms with E-state index in [4.69, 9.17) is 14.2 Å². The average Bonchev–Trinajstić information content (AvgIpc) is 2.96. The number of hydrogen-bond donors (Lipinski definition) is 3. The Hall–Kier alpha value is -2.99. The lowest BCUT2D eigenvalue weighted by Crippen LogP contribution is -2.46. The molecule has 210 valence electrons. The molecule has 1 aliphatic rings. The van der Waals surface area contributed by atoms with E-state index in [0.29, 0.717) is 38.3 Å². The zero-order chi connectivity index (χ0) is 27.5. The van der Waals surface area contributed by atoms with E-state index in [1.807, 2.05) is 72.8 Å². The van der Waals surface area contributed by atoms with Crippen LogP contribution in [0, 0.1) is 0 Å². The van der Waals surface area contributed by atoms with Crippen molar-refractivity contribution in [3.63, 3.8) is 0 Å². The van der Waals surface area contributed by atoms with Crippen molar-refractivity contribution in [3.8, 4) is 17.2 Å². The first-order chi connectivity index (χ1) is 19.0. The van der Waals surface area contributed by atoms with Crippen molar-refractivity contribution < 1.29 is 28.8 Å². The summed E-state index contributed by atoms with van der Waals surface area (Å²) in [5, 5.41) is 13.0. The van der Waals surface area contributed by atoms with Crippen LogP contribution in [-0.4, -0.2) is 41.0 Å². The summed E-state index contributed by atoms with van der Waals surface area (Å²) in [4.78, 5) is 10.1. The predicted octanol–water partition coefficient (Wildman–Crippen LogP) is 6.23. The van der Waals surface area contributed by atoms with Crippen LogP contribution in [0.25, 0.3) is 0 Å². The normalized spacial score (nSPS) is 19.7. The highest BCUT2D eigenvalue weighted by atomic mass is 31.1. The summed E-state index contributed by atoms with van der Waals surface area (Å²) in [6.45, 7) is 3.88. The van der Waals surface area contributed by atoms with Gasteiger partial charge in [0.1, 0.15) is 35.6 Å². The molecular formula is C31H40NO6P. The summed E-state index contributed by atoms with van der Waals surface area (Å²) in [6, 6.07) is 23.6. The Morgan fingerprint density at radius 2 is 1.74 bits per heavy atom. The molecule has 4 rings (SSSR count). The molecular weight excluding hydrogens is 513 g/mol. The molecule has 7 nitrogen and oxygen atoms in total. The van der Waals surface area contributed by atoms with Crippen LogP contribution in [0.2, 0.25) is 0 Å². The van der Waals surface area contributed by atoms with E-state index in [2.05, 4.69) is 12.2 Å². The molecule has 0 amide bonds. The van der Waals surface area contributed by atoms with Crippen molar-refractivity contribution in [2.24, 2.45) is 0 Å². The van der Waals surface area contributed by atoms with E-state index in [1.165, 1.54) is 0 Å². The summed E-state index contributed by atoms with van der Waals surface area (Å²) in [5.74, 6) is 2.23. The third-order valence-corrected chi connectivity index (χ3v) is 8.92. The topological polar surface area (TPSA) is 97.2 Å². The Kier molecular flexibility index (Phi) is 10.7. The number of anilines is 1. The fraction of sp³-hybridized carbons (Fsp3) is 0.419. The molecule has 0 spiro atoms. The summed E-state index contributed by atoms with van der Waals surface area (Å²) in [6.07, 6.45) is 3.46. The highest BCUT2D eigenvalue weighted by molar-refractivity contribution is 7.40. The third kappa shape index (κ3) is 7.78. The zero-order valence-corrected chi connectivity index (χ0v) is 23.6. The van der Waals surface area contributed by atoms with Gasteiger partial charge in [-0.05, 0) is 55.5 Å². The number of nitrogens with one attached hydrogen (secondary N) is 1. The van der Waals surface area contributed by atoms with E-state index in [1.54, 1.807) is 0 Å². The van der Waals surface area contributed by atoms with Gasteiger partial charge in [0, 0.05) is 23.9 Å². The summed E-state index contributed by atoms with van der Waals surface area (Å²) >= 11 is 0. The number of ether oxygens (including phenoxy) is 3. The molecule has 0 aromatic heterocycles. The lowest BCUT2D eigenvalue weighted by atomic mass is 9.86. The van der Waals surface area contributed by atoms with Crippen LogP contribution in [0.5, 0.6) is 17.2 Å². The van der Waals surface area contributed by atoms with Crippen molar-refractivity contribution in [1.29, 1.82) is 0 Å². The summed E-state index contributed by atoms with van der Waals surface area (Å²) in [5.41, 5.74) is 3.10. The van der Waals surface area contributed by atoms with Gasteiger partial charge in [-0.1, -0.05) is 62.2 Å². The van der Waals surface area contributed by atoms with Crippen molar-refractivity contribution in [3.05, 3.63) is 83.9 Å². The van der Waals surface area contributed by atoms with Gasteiger partial charge in [-0.3, -0.25) is 4.57 Å². The van der Waals surface area contributed by atoms with Gasteiger partial charge in [-0.25, -0.2) is 0 Å². The molecule has 0 bridgehead atoms. The Balaban J connectivity index is 1.26. The molecule has 39 heavy (non-hydrogen) atoms. The van der Waals surface area contributed by atoms with Gasteiger partial charge >= 0.3 is 0 Å². The molecule has 1 fully saturated rings. The van der Waals surface area contributed by atoms with Crippen molar-refractivity contribution >= 4 is 13.7 Å². The van der Waals surface area contributed by atoms with Crippen LogP contribution in [-0.2, 0) is 17.6 Å². The van der Waals surface area contributed by atoms with Crippen LogP contribution < -0.4 is 19.5 Å². The number of hydrogen-bond acceptors (Lipinski definition) is 6. The fourth-order valence-electron chi connectivity index (χ4n) is 5.02. The van der Waals surface area contributed by atoms with Crippen LogP contribution in [0.4, 0.5) is 5.69 Å². The number of aliphatic hydroxyl groups is 1. The van der Waals surface area contributed by atoms with Gasteiger partial charge in [0.15, 0.2) is 0 Å². The first-order valence-electron chi connectivity index (χ1n) is 13.8. The molecule has 0 saturated heterocycles. The summed E-state index contributed by atoms with van der Waals surface area (Å²) in [7, 11) is -2.97. The van der Waals surface area contributed by atoms with E-state index >= 15 is 0 Å². The Morgan fingerprint density at radius 3 is 2.49 bits per heavy atom. The maximum atomic E-state index is 12.3. The zero-order valence-electron chi connectivity index (χ0n) is 22.6. The summed E-state index contributed by atoms with van der Waals surface area (Å²) < 4.78 is 30.2. The van der Waals surface area contributed by atoms with Gasteiger partial charge in [0.05, 0.1) is 12.7 Å². The highest BCUT2D eigenvalue weighted by Crippen LogP contribution is 2.47. The molecule has 3 aromatic carbocycles. The quantitative estimate of drug-likeness (QED) is 0.161. The van der Waals surface area contributed by atoms with E-state index in [0.717, 1.165) is 54.0 Å². The number of rotatable bonds is 14. The molecule has 3 atom stereocenters. The number of aliphatic hydroxyl groups excluding tert-OH is 1. The molecule has 8 heteroatoms. The second-order valence-electron chi connectivity index (χ2n) is 10.0. The molecule has 1 saturated carbocycles. The van der Waals surface area contributed by atoms with E-state index in [9.17, 15) is 14.6 Å². The molecule has 1 aliphatic carbocycles. The molecule has 3 unspecified atom stereocenters. The van der Waals surface area contributed by atoms with Crippen LogP contribution in [0.3, 0.4) is 0 Å². The third-order valence-electron chi connectivity index (χ3n) is 7.35. The van der Waals surface area contributed by atoms with Gasteiger partial charge in [0.25, 0.3) is 0 Å². The molecule has 0 heterocycles. The standard InChI is InChI=1S/C31H40NO6P/c1-2-27-28(15-9-16-29(27)38-23-31(39(34)35)18-7-6-17-30(31)33)32-19-10-20-36-25-13-8-14-26(21-25)37-22-24-11-4-3-5-12-24/h3-5,8-9,11-16,21,30,32-33,39H,2,6-7,10,17-20,22-23H2,1H3,(H,34,35). The molecule has 3 N–H and O–H groups in total. The van der Waals surface area contributed by atoms with Crippen LogP contribution >= 0.6 is 8.03 Å². The van der Waals surface area contributed by atoms with Crippen LogP contribution in [0.1, 0.15) is 50.2 Å². The largest absolute Gasteiger partial charge is 0.493 e. The van der Waals surface area contributed by atoms with Gasteiger partial charge in [0.2, 0.25) is 8.03 Å². The first-order valence-corrected chi connectivity index (χ1v) is 15.2. The monoisotopic (exact) mass is 553 g/mol. The lowest BCUT2D eigenvalue weighted by Gasteiger charge is -2.38. The van der Waals surface area contributed by atoms with Crippen molar-refractivity contribution in [1.82, 2.24) is 0 Å². The first kappa shape index (κ1) is 29.0. The Morgan fingerprint density at radius 1 is 0.974 bits per heavy atom. The Labute approximate surface area is 232 Å². The average molecular weight is 554 g/mol. The SMILES string of the molecule is CCc1c(NCCCOc2cccc(OCc3ccccc3)c2)cccc1OCC1([PH](=O)O)CCCCC1O. The van der Waals surface area contributed by atoms with Crippen molar-refractivity contribution in [2.75, 3.05) is 25.1 Å². The Bertz CT molecular complexity index is 1210. The van der Waals surface area contributed by atoms with Crippen LogP contribution in [0.15, 0.2) is 72.8 Å². The second kappa shape index (κ2) is 14.4. The van der Waals surface area contributed by atoms with Gasteiger partial charge in [-0.2, -0.15) is 0 Å². The maximum absolute atomic E-state index is 12.3. The van der Waals surface area contributed by atoms with E-state index in [-0.39, 0.29) is 6.61 Å². The highest BCUT2D eigenvalue weighted by Gasteiger charge is 2.45. The number of benzene rings is 3. The van der Waals surface area contributed by atoms with Crippen molar-refractivity contribution in [2.45, 2.75) is 63.3 Å². The molecule has 0 radical (unpaired) electrons. The molecule has 0 aliphatic heterocycles. The van der Waals surface area contributed by atoms with E-state index < -0.39 is 19.3 Å². The minimum atomic E-state index is -2.97. The second-order valence-corrected chi connectivity index (χ2v) is 11.6. The maximum Gasteiger partial charge on any atom is 0.201 e. The fourth-order valence-corrected chi connectivity index (χ4v) is 6.03. The predicted molar refractivity (Wildman–Crippen MR) is 156 cm³/mol. The molecule has 3 aromatic rings. The van der Waals surface area contributed by atoms with Gasteiger partial charge in [-0.15, -0.1) is 0 Å². The smallest absolute Gasteiger partial charge is 0.201 e. The lowest BCUT2D eigenvalue weighted by molar-refractivity contribution is 0.0548.